The number of hydrogen-bond acceptors (Lipinski definition) is 3. The third-order valence-corrected chi connectivity index (χ3v) is 3.91. The minimum Gasteiger partial charge on any atom is -0.398 e. The fraction of sp³-hybridized carbons (Fsp3) is 0.538. The maximum atomic E-state index is 5.97. The molecule has 1 saturated carbocycles. The summed E-state index contributed by atoms with van der Waals surface area (Å²) < 4.78 is 6.48. The van der Waals surface area contributed by atoms with Gasteiger partial charge in [0.1, 0.15) is 0 Å². The second kappa shape index (κ2) is 5.85. The fourth-order valence-corrected chi connectivity index (χ4v) is 2.79. The molecule has 1 aliphatic rings. The smallest absolute Gasteiger partial charge is 0.0724 e. The predicted octanol–water partition coefficient (Wildman–Crippen LogP) is 2.69. The van der Waals surface area contributed by atoms with Gasteiger partial charge in [-0.1, -0.05) is 22.0 Å². The lowest BCUT2D eigenvalue weighted by Gasteiger charge is -2.20. The molecule has 17 heavy (non-hydrogen) atoms. The highest BCUT2D eigenvalue weighted by atomic mass is 79.9. The number of rotatable bonds is 4. The molecular formula is C13H19BrN2O. The summed E-state index contributed by atoms with van der Waals surface area (Å²) in [6.07, 6.45) is 3.94. The van der Waals surface area contributed by atoms with E-state index in [9.17, 15) is 0 Å². The van der Waals surface area contributed by atoms with Crippen molar-refractivity contribution in [2.45, 2.75) is 38.0 Å². The van der Waals surface area contributed by atoms with Crippen molar-refractivity contribution in [2.24, 2.45) is 0 Å². The molecule has 4 heteroatoms. The lowest BCUT2D eigenvalue weighted by molar-refractivity contribution is 0.0847. The molecule has 3 N–H and O–H groups in total. The molecule has 0 heterocycles. The van der Waals surface area contributed by atoms with Gasteiger partial charge >= 0.3 is 0 Å². The topological polar surface area (TPSA) is 47.3 Å². The molecule has 0 bridgehead atoms. The van der Waals surface area contributed by atoms with Crippen LogP contribution in [0.5, 0.6) is 0 Å². The summed E-state index contributed by atoms with van der Waals surface area (Å²) in [6, 6.07) is 6.49. The van der Waals surface area contributed by atoms with E-state index in [1.807, 2.05) is 12.1 Å². The molecular weight excluding hydrogens is 280 g/mol. The Labute approximate surface area is 111 Å². The lowest BCUT2D eigenvalue weighted by atomic mass is 10.1. The molecule has 94 valence electrons. The average Bonchev–Trinajstić information content (AvgIpc) is 2.75. The first-order chi connectivity index (χ1) is 8.20. The Hall–Kier alpha value is -0.580. The zero-order valence-electron chi connectivity index (χ0n) is 10.1. The van der Waals surface area contributed by atoms with Crippen LogP contribution in [0.3, 0.4) is 0 Å². The van der Waals surface area contributed by atoms with Gasteiger partial charge in [-0.15, -0.1) is 0 Å². The van der Waals surface area contributed by atoms with Gasteiger partial charge in [-0.25, -0.2) is 0 Å². The third-order valence-electron chi connectivity index (χ3n) is 3.42. The lowest BCUT2D eigenvalue weighted by Crippen LogP contribution is -2.36. The maximum absolute atomic E-state index is 5.97. The molecule has 3 nitrogen and oxygen atoms in total. The largest absolute Gasteiger partial charge is 0.398 e. The molecule has 0 aliphatic heterocycles. The zero-order valence-corrected chi connectivity index (χ0v) is 11.7. The number of ether oxygens (including phenoxy) is 1. The second-order valence-electron chi connectivity index (χ2n) is 4.54. The van der Waals surface area contributed by atoms with E-state index in [0.29, 0.717) is 12.1 Å². The Balaban J connectivity index is 1.93. The molecule has 0 aromatic heterocycles. The van der Waals surface area contributed by atoms with Crippen LogP contribution in [0.25, 0.3) is 0 Å². The zero-order chi connectivity index (χ0) is 12.3. The summed E-state index contributed by atoms with van der Waals surface area (Å²) in [5.41, 5.74) is 7.95. The Morgan fingerprint density at radius 2 is 2.29 bits per heavy atom. The number of benzene rings is 1. The molecule has 2 unspecified atom stereocenters. The van der Waals surface area contributed by atoms with Gasteiger partial charge in [0.05, 0.1) is 6.10 Å². The highest BCUT2D eigenvalue weighted by molar-refractivity contribution is 9.10. The summed E-state index contributed by atoms with van der Waals surface area (Å²) in [4.78, 5) is 0. The van der Waals surface area contributed by atoms with Gasteiger partial charge in [0.25, 0.3) is 0 Å². The van der Waals surface area contributed by atoms with Crippen molar-refractivity contribution >= 4 is 21.6 Å². The third kappa shape index (κ3) is 3.21. The van der Waals surface area contributed by atoms with E-state index < -0.39 is 0 Å². The number of nitrogens with two attached hydrogens (primary N) is 1. The van der Waals surface area contributed by atoms with Gasteiger partial charge in [-0.2, -0.15) is 0 Å². The fourth-order valence-electron chi connectivity index (χ4n) is 2.41. The molecule has 0 amide bonds. The molecule has 1 aliphatic carbocycles. The van der Waals surface area contributed by atoms with Gasteiger partial charge in [0.15, 0.2) is 0 Å². The van der Waals surface area contributed by atoms with Crippen LogP contribution >= 0.6 is 15.9 Å². The quantitative estimate of drug-likeness (QED) is 0.840. The Kier molecular flexibility index (Phi) is 4.42. The van der Waals surface area contributed by atoms with Crippen LogP contribution < -0.4 is 11.1 Å². The summed E-state index contributed by atoms with van der Waals surface area (Å²) >= 11 is 3.41. The van der Waals surface area contributed by atoms with E-state index in [4.69, 9.17) is 10.5 Å². The Morgan fingerprint density at radius 1 is 1.47 bits per heavy atom. The normalized spacial score (nSPS) is 24.1. The molecule has 0 saturated heterocycles. The van der Waals surface area contributed by atoms with Crippen molar-refractivity contribution in [3.8, 4) is 0 Å². The number of hydrogen-bond donors (Lipinski definition) is 2. The summed E-state index contributed by atoms with van der Waals surface area (Å²) in [5, 5.41) is 3.54. The highest BCUT2D eigenvalue weighted by Crippen LogP contribution is 2.23. The molecule has 0 spiro atoms. The second-order valence-corrected chi connectivity index (χ2v) is 5.45. The highest BCUT2D eigenvalue weighted by Gasteiger charge is 2.26. The van der Waals surface area contributed by atoms with Gasteiger partial charge in [-0.3, -0.25) is 0 Å². The molecule has 1 fully saturated rings. The molecule has 0 radical (unpaired) electrons. The van der Waals surface area contributed by atoms with Crippen LogP contribution in [0.15, 0.2) is 22.7 Å². The molecule has 1 aromatic rings. The first-order valence-electron chi connectivity index (χ1n) is 6.01. The van der Waals surface area contributed by atoms with Gasteiger partial charge < -0.3 is 15.8 Å². The Morgan fingerprint density at radius 3 is 3.00 bits per heavy atom. The van der Waals surface area contributed by atoms with E-state index in [2.05, 4.69) is 27.3 Å². The van der Waals surface area contributed by atoms with Crippen molar-refractivity contribution < 1.29 is 4.74 Å². The van der Waals surface area contributed by atoms with Gasteiger partial charge in [-0.05, 0) is 37.0 Å². The van der Waals surface area contributed by atoms with Crippen molar-refractivity contribution in [2.75, 3.05) is 12.8 Å². The van der Waals surface area contributed by atoms with E-state index >= 15 is 0 Å². The van der Waals surface area contributed by atoms with Crippen LogP contribution in [0.2, 0.25) is 0 Å². The number of nitrogen functional groups attached to an aromatic ring is 1. The van der Waals surface area contributed by atoms with Crippen LogP contribution in [-0.4, -0.2) is 19.3 Å². The van der Waals surface area contributed by atoms with Crippen molar-refractivity contribution in [1.29, 1.82) is 0 Å². The first kappa shape index (κ1) is 12.9. The van der Waals surface area contributed by atoms with Crippen LogP contribution in [0, 0.1) is 0 Å². The van der Waals surface area contributed by atoms with E-state index in [0.717, 1.165) is 28.7 Å². The van der Waals surface area contributed by atoms with Gasteiger partial charge in [0.2, 0.25) is 0 Å². The molecule has 2 rings (SSSR count). The van der Waals surface area contributed by atoms with E-state index in [-0.39, 0.29) is 0 Å². The van der Waals surface area contributed by atoms with Crippen LogP contribution in [-0.2, 0) is 11.3 Å². The van der Waals surface area contributed by atoms with E-state index in [1.165, 1.54) is 12.8 Å². The first-order valence-corrected chi connectivity index (χ1v) is 6.80. The predicted molar refractivity (Wildman–Crippen MR) is 73.8 cm³/mol. The standard InChI is InChI=1S/C13H19BrN2O/c1-17-13-4-2-3-12(13)16-8-9-5-6-10(14)7-11(9)15/h5-7,12-13,16H,2-4,8,15H2,1H3. The van der Waals surface area contributed by atoms with E-state index in [1.54, 1.807) is 7.11 Å². The monoisotopic (exact) mass is 298 g/mol. The minimum absolute atomic E-state index is 0.353. The SMILES string of the molecule is COC1CCCC1NCc1ccc(Br)cc1N. The van der Waals surface area contributed by atoms with Crippen LogP contribution in [0.1, 0.15) is 24.8 Å². The van der Waals surface area contributed by atoms with Crippen molar-refractivity contribution in [3.63, 3.8) is 0 Å². The van der Waals surface area contributed by atoms with Crippen molar-refractivity contribution in [1.82, 2.24) is 5.32 Å². The molecule has 1 aromatic carbocycles. The summed E-state index contributed by atoms with van der Waals surface area (Å²) in [5.74, 6) is 0. The summed E-state index contributed by atoms with van der Waals surface area (Å²) in [7, 11) is 1.79. The number of anilines is 1. The average molecular weight is 299 g/mol. The maximum Gasteiger partial charge on any atom is 0.0724 e. The summed E-state index contributed by atoms with van der Waals surface area (Å²) in [6.45, 7) is 0.809. The van der Waals surface area contributed by atoms with Gasteiger partial charge in [0, 0.05) is 29.9 Å². The number of methoxy groups -OCH3 is 1. The number of halogens is 1. The molecule has 2 atom stereocenters. The Bertz CT molecular complexity index is 384. The van der Waals surface area contributed by atoms with Crippen LogP contribution in [0.4, 0.5) is 5.69 Å². The van der Waals surface area contributed by atoms with Crippen molar-refractivity contribution in [3.05, 3.63) is 28.2 Å². The minimum atomic E-state index is 0.353. The number of nitrogens with one attached hydrogen (secondary N) is 1.